The number of phenols is 1. The van der Waals surface area contributed by atoms with E-state index in [0.717, 1.165) is 39.1 Å². The number of nitrogens with two attached hydrogens (primary N) is 1. The molecule has 292 valence electrons. The number of carbonyl (C=O) groups is 2. The van der Waals surface area contributed by atoms with Crippen molar-refractivity contribution in [2.24, 2.45) is 0 Å². The number of tetrazole rings is 1. The van der Waals surface area contributed by atoms with Gasteiger partial charge in [0.05, 0.1) is 35.9 Å². The van der Waals surface area contributed by atoms with Crippen molar-refractivity contribution in [3.05, 3.63) is 144 Å². The first-order valence-electron chi connectivity index (χ1n) is 18.6. The van der Waals surface area contributed by atoms with Crippen molar-refractivity contribution in [2.45, 2.75) is 62.5 Å². The number of phenolic OH excluding ortho intramolecular Hbond substituents is 1. The van der Waals surface area contributed by atoms with Crippen LogP contribution < -0.4 is 16.4 Å². The fourth-order valence-electron chi connectivity index (χ4n) is 6.43. The quantitative estimate of drug-likeness (QED) is 0.0540. The number of amides is 2. The summed E-state index contributed by atoms with van der Waals surface area (Å²) >= 11 is 1.48. The Bertz CT molecular complexity index is 2270. The second kappa shape index (κ2) is 18.7. The van der Waals surface area contributed by atoms with Crippen molar-refractivity contribution in [3.63, 3.8) is 0 Å². The highest BCUT2D eigenvalue weighted by Gasteiger charge is 2.33. The summed E-state index contributed by atoms with van der Waals surface area (Å²) in [5, 5.41) is 37.9. The average Bonchev–Trinajstić information content (AvgIpc) is 3.72. The summed E-state index contributed by atoms with van der Waals surface area (Å²) in [4.78, 5) is 24.9. The molecule has 6 aromatic rings. The zero-order chi connectivity index (χ0) is 39.6. The Kier molecular flexibility index (Phi) is 12.9. The van der Waals surface area contributed by atoms with Gasteiger partial charge in [0.25, 0.3) is 0 Å². The zero-order valence-corrected chi connectivity index (χ0v) is 31.8. The molecular weight excluding hydrogens is 743 g/mol. The number of hydrogen-bond acceptors (Lipinski definition) is 11. The summed E-state index contributed by atoms with van der Waals surface area (Å²) < 4.78 is 14.7. The Balaban J connectivity index is 0.967. The number of aromatic hydroxyl groups is 1. The highest BCUT2D eigenvalue weighted by atomic mass is 32.2. The van der Waals surface area contributed by atoms with E-state index in [2.05, 4.69) is 26.2 Å². The van der Waals surface area contributed by atoms with Crippen LogP contribution in [0.25, 0.3) is 16.8 Å². The number of nitrogens with zero attached hydrogens (tertiary/aromatic N) is 4. The van der Waals surface area contributed by atoms with Crippen LogP contribution in [0.15, 0.2) is 126 Å². The molecule has 0 bridgehead atoms. The smallest absolute Gasteiger partial charge is 0.224 e. The van der Waals surface area contributed by atoms with Crippen LogP contribution in [0.3, 0.4) is 0 Å². The van der Waals surface area contributed by atoms with Gasteiger partial charge in [-0.3, -0.25) is 9.59 Å². The molecular formula is C43H43N7O6S. The summed E-state index contributed by atoms with van der Waals surface area (Å²) in [6.45, 7) is 0.326. The Morgan fingerprint density at radius 2 is 1.58 bits per heavy atom. The van der Waals surface area contributed by atoms with E-state index in [1.54, 1.807) is 53.2 Å². The molecule has 7 rings (SSSR count). The predicted molar refractivity (Wildman–Crippen MR) is 217 cm³/mol. The summed E-state index contributed by atoms with van der Waals surface area (Å²) in [6.07, 6.45) is 0.360. The van der Waals surface area contributed by atoms with Gasteiger partial charge in [-0.2, -0.15) is 4.68 Å². The zero-order valence-electron chi connectivity index (χ0n) is 31.0. The molecule has 0 saturated carbocycles. The second-order valence-corrected chi connectivity index (χ2v) is 14.6. The lowest BCUT2D eigenvalue weighted by Gasteiger charge is -2.36. The van der Waals surface area contributed by atoms with Gasteiger partial charge in [0.15, 0.2) is 6.29 Å². The molecule has 0 aliphatic carbocycles. The number of aromatic nitrogens is 4. The van der Waals surface area contributed by atoms with Crippen LogP contribution in [0.5, 0.6) is 5.75 Å². The lowest BCUT2D eigenvalue weighted by Crippen LogP contribution is -2.31. The monoisotopic (exact) mass is 785 g/mol. The van der Waals surface area contributed by atoms with Gasteiger partial charge >= 0.3 is 0 Å². The van der Waals surface area contributed by atoms with Crippen LogP contribution in [-0.2, 0) is 32.2 Å². The minimum Gasteiger partial charge on any atom is -0.508 e. The van der Waals surface area contributed by atoms with Crippen LogP contribution >= 0.6 is 11.8 Å². The van der Waals surface area contributed by atoms with E-state index in [1.807, 2.05) is 72.8 Å². The molecule has 1 fully saturated rings. The van der Waals surface area contributed by atoms with Crippen molar-refractivity contribution >= 4 is 35.0 Å². The first-order chi connectivity index (χ1) is 27.8. The van der Waals surface area contributed by atoms with E-state index in [9.17, 15) is 19.8 Å². The van der Waals surface area contributed by atoms with Crippen molar-refractivity contribution in [1.82, 2.24) is 25.5 Å². The molecule has 6 N–H and O–H groups in total. The molecule has 1 aliphatic rings. The Labute approximate surface area is 334 Å². The third-order valence-electron chi connectivity index (χ3n) is 9.52. The lowest BCUT2D eigenvalue weighted by atomic mass is 9.99. The Morgan fingerprint density at radius 1 is 0.825 bits per heavy atom. The topological polar surface area (TPSA) is 187 Å². The summed E-state index contributed by atoms with van der Waals surface area (Å²) in [5.41, 5.74) is 13.3. The Morgan fingerprint density at radius 3 is 2.35 bits per heavy atom. The molecule has 2 amide bonds. The lowest BCUT2D eigenvalue weighted by molar-refractivity contribution is -0.245. The Hall–Kier alpha value is -6.06. The molecule has 5 aromatic carbocycles. The first-order valence-corrected chi connectivity index (χ1v) is 19.6. The number of anilines is 2. The molecule has 0 unspecified atom stereocenters. The van der Waals surface area contributed by atoms with E-state index in [0.29, 0.717) is 41.7 Å². The van der Waals surface area contributed by atoms with E-state index in [-0.39, 0.29) is 49.2 Å². The number of para-hydroxylation sites is 2. The number of ether oxygens (including phenoxy) is 2. The maximum absolute atomic E-state index is 12.6. The van der Waals surface area contributed by atoms with Gasteiger partial charge in [-0.05, 0) is 87.1 Å². The van der Waals surface area contributed by atoms with Crippen molar-refractivity contribution in [3.8, 4) is 22.6 Å². The largest absolute Gasteiger partial charge is 0.508 e. The normalized spacial score (nSPS) is 16.5. The predicted octanol–water partition coefficient (Wildman–Crippen LogP) is 6.87. The molecule has 0 radical (unpaired) electrons. The third kappa shape index (κ3) is 10.4. The van der Waals surface area contributed by atoms with E-state index < -0.39 is 6.29 Å². The first kappa shape index (κ1) is 39.2. The van der Waals surface area contributed by atoms with Gasteiger partial charge in [-0.25, -0.2) is 0 Å². The molecule has 0 spiro atoms. The number of benzene rings is 5. The van der Waals surface area contributed by atoms with Crippen LogP contribution in [0, 0.1) is 0 Å². The number of nitrogen functional groups attached to an aromatic ring is 1. The van der Waals surface area contributed by atoms with Crippen molar-refractivity contribution < 1.29 is 29.3 Å². The van der Waals surface area contributed by atoms with Crippen LogP contribution in [0.4, 0.5) is 11.4 Å². The summed E-state index contributed by atoms with van der Waals surface area (Å²) in [5.74, 6) is 0.408. The molecule has 13 nitrogen and oxygen atoms in total. The second-order valence-electron chi connectivity index (χ2n) is 13.6. The molecule has 3 atom stereocenters. The molecule has 57 heavy (non-hydrogen) atoms. The van der Waals surface area contributed by atoms with Crippen LogP contribution in [-0.4, -0.2) is 54.1 Å². The molecule has 1 aromatic heterocycles. The summed E-state index contributed by atoms with van der Waals surface area (Å²) in [6, 6.07) is 37.6. The number of nitrogens with one attached hydrogen (secondary N) is 2. The van der Waals surface area contributed by atoms with Crippen LogP contribution in [0.2, 0.25) is 0 Å². The number of hydrogen-bond donors (Lipinski definition) is 5. The van der Waals surface area contributed by atoms with Crippen LogP contribution in [0.1, 0.15) is 60.3 Å². The third-order valence-corrected chi connectivity index (χ3v) is 10.6. The van der Waals surface area contributed by atoms with Gasteiger partial charge in [0.2, 0.25) is 17.0 Å². The van der Waals surface area contributed by atoms with Crippen molar-refractivity contribution in [2.75, 3.05) is 16.8 Å². The highest BCUT2D eigenvalue weighted by Crippen LogP contribution is 2.40. The van der Waals surface area contributed by atoms with E-state index in [1.165, 1.54) is 11.8 Å². The standard InChI is InChI=1S/C43H43N7O6S/c44-37-7-1-2-8-38(37)46-41(54)10-4-9-40(53)45-25-29-5-3-6-33(23-29)30-15-17-32(18-16-30)42-55-36(24-39(56-42)31-13-11-28(26-51)12-14-31)27-57-43-47-48-49-50(43)34-19-21-35(52)22-20-34/h1-3,5-8,11-23,36,39,42,51-52H,4,9-10,24-27,44H2,(H,45,53)(H,46,54)/t36-,39+,42+/m1/s1. The fourth-order valence-corrected chi connectivity index (χ4v) is 7.34. The minimum atomic E-state index is -0.641. The molecule has 1 saturated heterocycles. The van der Waals surface area contributed by atoms with Gasteiger partial charge in [-0.1, -0.05) is 90.6 Å². The number of carbonyl (C=O) groups excluding carboxylic acids is 2. The van der Waals surface area contributed by atoms with Gasteiger partial charge < -0.3 is 36.1 Å². The van der Waals surface area contributed by atoms with Gasteiger partial charge in [0, 0.05) is 37.1 Å². The molecule has 1 aliphatic heterocycles. The highest BCUT2D eigenvalue weighted by molar-refractivity contribution is 7.99. The number of thioether (sulfide) groups is 1. The average molecular weight is 786 g/mol. The minimum absolute atomic E-state index is 0.0373. The van der Waals surface area contributed by atoms with E-state index >= 15 is 0 Å². The number of aliphatic hydroxyl groups is 1. The van der Waals surface area contributed by atoms with Gasteiger partial charge in [-0.15, -0.1) is 5.10 Å². The SMILES string of the molecule is Nc1ccccc1NC(=O)CCCC(=O)NCc1cccc(-c2ccc([C@H]3O[C@@H](CSc4nnnn4-c4ccc(O)cc4)C[C@@H](c4ccc(CO)cc4)O3)cc2)c1. The number of rotatable bonds is 15. The fraction of sp³-hybridized carbons (Fsp3) is 0.233. The number of aliphatic hydroxyl groups excluding tert-OH is 1. The van der Waals surface area contributed by atoms with Crippen molar-refractivity contribution in [1.29, 1.82) is 0 Å². The maximum Gasteiger partial charge on any atom is 0.224 e. The molecule has 14 heteroatoms. The maximum atomic E-state index is 12.6. The molecule has 2 heterocycles. The van der Waals surface area contributed by atoms with E-state index in [4.69, 9.17) is 15.2 Å². The summed E-state index contributed by atoms with van der Waals surface area (Å²) in [7, 11) is 0. The van der Waals surface area contributed by atoms with Gasteiger partial charge in [0.1, 0.15) is 5.75 Å².